The number of rotatable bonds is 6. The average Bonchev–Trinajstić information content (AvgIpc) is 3.05. The van der Waals surface area contributed by atoms with Gasteiger partial charge in [0, 0.05) is 31.0 Å². The summed E-state index contributed by atoms with van der Waals surface area (Å²) in [5, 5.41) is 3.24. The van der Waals surface area contributed by atoms with Crippen molar-refractivity contribution in [2.24, 2.45) is 0 Å². The van der Waals surface area contributed by atoms with Crippen LogP contribution in [0.4, 0.5) is 0 Å². The normalized spacial score (nSPS) is 27.1. The second kappa shape index (κ2) is 7.50. The molecule has 0 aromatic carbocycles. The highest BCUT2D eigenvalue weighted by Gasteiger charge is 2.30. The molecule has 2 unspecified atom stereocenters. The molecule has 2 fully saturated rings. The Morgan fingerprint density at radius 3 is 2.89 bits per heavy atom. The predicted molar refractivity (Wildman–Crippen MR) is 79.6 cm³/mol. The van der Waals surface area contributed by atoms with Crippen molar-refractivity contribution in [2.45, 2.75) is 51.3 Å². The van der Waals surface area contributed by atoms with Gasteiger partial charge in [-0.15, -0.1) is 0 Å². The van der Waals surface area contributed by atoms with Gasteiger partial charge in [0.1, 0.15) is 0 Å². The summed E-state index contributed by atoms with van der Waals surface area (Å²) in [6.07, 6.45) is 3.62. The monoisotopic (exact) mass is 286 g/mol. The second-order valence-electron chi connectivity index (χ2n) is 5.73. The first-order valence-electron chi connectivity index (χ1n) is 7.39. The summed E-state index contributed by atoms with van der Waals surface area (Å²) in [6.45, 7) is 6.23. The molecule has 0 aromatic rings. The van der Waals surface area contributed by atoms with Crippen LogP contribution in [0.2, 0.25) is 0 Å². The molecular formula is C14H26N2O2S. The summed E-state index contributed by atoms with van der Waals surface area (Å²) in [5.41, 5.74) is 0. The molecule has 2 aliphatic rings. The molecule has 2 heterocycles. The van der Waals surface area contributed by atoms with Crippen LogP contribution in [0.25, 0.3) is 0 Å². The van der Waals surface area contributed by atoms with E-state index in [4.69, 9.17) is 4.74 Å². The number of thioether (sulfide) groups is 1. The van der Waals surface area contributed by atoms with Crippen LogP contribution in [0.3, 0.4) is 0 Å². The molecule has 2 rings (SSSR count). The minimum atomic E-state index is 0.233. The van der Waals surface area contributed by atoms with Gasteiger partial charge in [-0.05, 0) is 25.0 Å². The Morgan fingerprint density at radius 1 is 1.47 bits per heavy atom. The number of hydrogen-bond acceptors (Lipinski definition) is 4. The maximum atomic E-state index is 12.4. The Labute approximate surface area is 120 Å². The average molecular weight is 286 g/mol. The smallest absolute Gasteiger partial charge is 0.236 e. The molecule has 0 saturated carbocycles. The predicted octanol–water partition coefficient (Wildman–Crippen LogP) is 1.50. The standard InChI is InChI=1S/C14H26N2O2S/c1-11(2)15-8-14(17)16(12-5-7-19-10-12)9-13-4-3-6-18-13/h11-13,15H,3-10H2,1-2H3. The SMILES string of the molecule is CC(C)NCC(=O)N(CC1CCCO1)C1CCSC1. The van der Waals surface area contributed by atoms with Crippen LogP contribution in [0.1, 0.15) is 33.1 Å². The molecule has 19 heavy (non-hydrogen) atoms. The highest BCUT2D eigenvalue weighted by atomic mass is 32.2. The van der Waals surface area contributed by atoms with Gasteiger partial charge in [0.15, 0.2) is 0 Å². The van der Waals surface area contributed by atoms with Gasteiger partial charge in [-0.25, -0.2) is 0 Å². The Kier molecular flexibility index (Phi) is 5.98. The van der Waals surface area contributed by atoms with Crippen LogP contribution in [0.5, 0.6) is 0 Å². The summed E-state index contributed by atoms with van der Waals surface area (Å²) in [6, 6.07) is 0.766. The third kappa shape index (κ3) is 4.65. The lowest BCUT2D eigenvalue weighted by molar-refractivity contribution is -0.134. The summed E-state index contributed by atoms with van der Waals surface area (Å²) in [5.74, 6) is 2.49. The van der Waals surface area contributed by atoms with Crippen molar-refractivity contribution in [1.82, 2.24) is 10.2 Å². The van der Waals surface area contributed by atoms with E-state index in [1.54, 1.807) is 0 Å². The zero-order chi connectivity index (χ0) is 13.7. The van der Waals surface area contributed by atoms with Gasteiger partial charge >= 0.3 is 0 Å². The number of amides is 1. The maximum Gasteiger partial charge on any atom is 0.236 e. The number of carbonyl (C=O) groups excluding carboxylic acids is 1. The quantitative estimate of drug-likeness (QED) is 0.803. The van der Waals surface area contributed by atoms with Crippen molar-refractivity contribution in [3.05, 3.63) is 0 Å². The largest absolute Gasteiger partial charge is 0.376 e. The molecule has 2 saturated heterocycles. The van der Waals surface area contributed by atoms with Gasteiger partial charge in [0.05, 0.1) is 12.6 Å². The Morgan fingerprint density at radius 2 is 2.32 bits per heavy atom. The first-order chi connectivity index (χ1) is 9.16. The number of hydrogen-bond donors (Lipinski definition) is 1. The van der Waals surface area contributed by atoms with E-state index in [0.29, 0.717) is 18.6 Å². The molecule has 5 heteroatoms. The van der Waals surface area contributed by atoms with Crippen LogP contribution in [0.15, 0.2) is 0 Å². The maximum absolute atomic E-state index is 12.4. The number of nitrogens with one attached hydrogen (secondary N) is 1. The van der Waals surface area contributed by atoms with Crippen LogP contribution in [-0.2, 0) is 9.53 Å². The lowest BCUT2D eigenvalue weighted by Crippen LogP contribution is -2.48. The van der Waals surface area contributed by atoms with Crippen molar-refractivity contribution in [2.75, 3.05) is 31.2 Å². The van der Waals surface area contributed by atoms with Gasteiger partial charge in [-0.2, -0.15) is 11.8 Å². The highest BCUT2D eigenvalue weighted by Crippen LogP contribution is 2.24. The van der Waals surface area contributed by atoms with Crippen molar-refractivity contribution in [3.63, 3.8) is 0 Å². The topological polar surface area (TPSA) is 41.6 Å². The van der Waals surface area contributed by atoms with Crippen molar-refractivity contribution < 1.29 is 9.53 Å². The fraction of sp³-hybridized carbons (Fsp3) is 0.929. The van der Waals surface area contributed by atoms with E-state index in [1.165, 1.54) is 5.75 Å². The van der Waals surface area contributed by atoms with Gasteiger partial charge in [-0.3, -0.25) is 4.79 Å². The summed E-state index contributed by atoms with van der Waals surface area (Å²) in [7, 11) is 0. The Bertz CT molecular complexity index is 287. The fourth-order valence-electron chi connectivity index (χ4n) is 2.62. The summed E-state index contributed by atoms with van der Waals surface area (Å²) < 4.78 is 5.70. The molecule has 4 nitrogen and oxygen atoms in total. The molecule has 0 spiro atoms. The highest BCUT2D eigenvalue weighted by molar-refractivity contribution is 7.99. The first-order valence-corrected chi connectivity index (χ1v) is 8.54. The van der Waals surface area contributed by atoms with Crippen molar-refractivity contribution >= 4 is 17.7 Å². The van der Waals surface area contributed by atoms with Crippen LogP contribution in [0, 0.1) is 0 Å². The fourth-order valence-corrected chi connectivity index (χ4v) is 3.85. The van der Waals surface area contributed by atoms with Crippen molar-refractivity contribution in [1.29, 1.82) is 0 Å². The van der Waals surface area contributed by atoms with Crippen LogP contribution >= 0.6 is 11.8 Å². The van der Waals surface area contributed by atoms with E-state index in [0.717, 1.165) is 38.2 Å². The molecule has 1 N–H and O–H groups in total. The second-order valence-corrected chi connectivity index (χ2v) is 6.88. The molecule has 0 radical (unpaired) electrons. The van der Waals surface area contributed by atoms with E-state index < -0.39 is 0 Å². The number of nitrogens with zero attached hydrogens (tertiary/aromatic N) is 1. The molecule has 2 atom stereocenters. The van der Waals surface area contributed by atoms with Crippen LogP contribution < -0.4 is 5.32 Å². The third-order valence-electron chi connectivity index (χ3n) is 3.75. The van der Waals surface area contributed by atoms with Crippen LogP contribution in [-0.4, -0.2) is 60.2 Å². The van der Waals surface area contributed by atoms with E-state index in [9.17, 15) is 4.79 Å². The molecule has 2 aliphatic heterocycles. The molecule has 110 valence electrons. The van der Waals surface area contributed by atoms with E-state index in [-0.39, 0.29) is 12.0 Å². The van der Waals surface area contributed by atoms with Gasteiger partial charge in [-0.1, -0.05) is 13.8 Å². The third-order valence-corrected chi connectivity index (χ3v) is 4.90. The first kappa shape index (κ1) is 15.1. The molecule has 1 amide bonds. The Balaban J connectivity index is 1.89. The minimum absolute atomic E-state index is 0.233. The number of carbonyl (C=O) groups is 1. The minimum Gasteiger partial charge on any atom is -0.376 e. The van der Waals surface area contributed by atoms with E-state index in [1.807, 2.05) is 11.8 Å². The zero-order valence-electron chi connectivity index (χ0n) is 12.1. The lowest BCUT2D eigenvalue weighted by Gasteiger charge is -2.31. The van der Waals surface area contributed by atoms with E-state index in [2.05, 4.69) is 24.1 Å². The van der Waals surface area contributed by atoms with Crippen molar-refractivity contribution in [3.8, 4) is 0 Å². The van der Waals surface area contributed by atoms with E-state index >= 15 is 0 Å². The number of ether oxygens (including phenoxy) is 1. The summed E-state index contributed by atoms with van der Waals surface area (Å²) in [4.78, 5) is 14.5. The summed E-state index contributed by atoms with van der Waals surface area (Å²) >= 11 is 1.96. The Hall–Kier alpha value is -0.260. The van der Waals surface area contributed by atoms with Gasteiger partial charge in [0.2, 0.25) is 5.91 Å². The lowest BCUT2D eigenvalue weighted by atomic mass is 10.1. The molecular weight excluding hydrogens is 260 g/mol. The molecule has 0 aliphatic carbocycles. The van der Waals surface area contributed by atoms with Gasteiger partial charge < -0.3 is 15.0 Å². The zero-order valence-corrected chi connectivity index (χ0v) is 12.9. The molecule has 0 aromatic heterocycles. The molecule has 0 bridgehead atoms. The van der Waals surface area contributed by atoms with Gasteiger partial charge in [0.25, 0.3) is 0 Å².